The number of nitrogens with two attached hydrogens (primary N) is 1. The van der Waals surface area contributed by atoms with E-state index in [-0.39, 0.29) is 18.2 Å². The number of β-lactam (4-membered cyclic amide) rings is 1. The van der Waals surface area contributed by atoms with E-state index in [1.54, 1.807) is 17.0 Å². The molecule has 4 atom stereocenters. The van der Waals surface area contributed by atoms with Crippen LogP contribution < -0.4 is 15.4 Å². The number of pyridine rings is 1. The van der Waals surface area contributed by atoms with E-state index in [0.717, 1.165) is 5.56 Å². The van der Waals surface area contributed by atoms with Gasteiger partial charge in [0.1, 0.15) is 0 Å². The van der Waals surface area contributed by atoms with Crippen LogP contribution in [0.2, 0.25) is 0 Å². The van der Waals surface area contributed by atoms with Gasteiger partial charge in [0.15, 0.2) is 16.7 Å². The molecule has 0 aromatic carbocycles. The van der Waals surface area contributed by atoms with Crippen molar-refractivity contribution in [3.63, 3.8) is 0 Å². The Hall–Kier alpha value is -2.76. The highest BCUT2D eigenvalue weighted by Gasteiger charge is 2.58. The van der Waals surface area contributed by atoms with Gasteiger partial charge in [0.25, 0.3) is 5.91 Å². The highest BCUT2D eigenvalue weighted by molar-refractivity contribution is 8.04. The number of aliphatic hydroxyl groups excluding tert-OH is 1. The lowest BCUT2D eigenvalue weighted by atomic mass is 9.79. The number of aromatic nitrogens is 2. The maximum absolute atomic E-state index is 12.4. The van der Waals surface area contributed by atoms with E-state index in [1.165, 1.54) is 34.9 Å². The quantitative estimate of drug-likeness (QED) is 0.419. The molecule has 2 amide bonds. The van der Waals surface area contributed by atoms with Gasteiger partial charge in [0, 0.05) is 33.9 Å². The molecule has 2 aliphatic rings. The summed E-state index contributed by atoms with van der Waals surface area (Å²) in [6, 6.07) is 3.24. The molecular formula is C20H20N4O5S2. The number of fused-ring (bicyclic) bond motifs is 1. The Labute approximate surface area is 186 Å². The average Bonchev–Trinajstić information content (AvgIpc) is 3.24. The molecular weight excluding hydrogens is 440 g/mol. The smallest absolute Gasteiger partial charge is 0.283 e. The van der Waals surface area contributed by atoms with Crippen LogP contribution in [-0.2, 0) is 20.9 Å². The number of primary amides is 1. The fourth-order valence-electron chi connectivity index (χ4n) is 4.09. The van der Waals surface area contributed by atoms with Crippen molar-refractivity contribution in [3.05, 3.63) is 40.5 Å². The molecule has 0 spiro atoms. The fourth-order valence-corrected chi connectivity index (χ4v) is 6.19. The largest absolute Gasteiger partial charge is 0.543 e. The summed E-state index contributed by atoms with van der Waals surface area (Å²) >= 11 is 2.57. The second kappa shape index (κ2) is 8.06. The lowest BCUT2D eigenvalue weighted by Crippen LogP contribution is -2.64. The molecule has 4 rings (SSSR count). The second-order valence-corrected chi connectivity index (χ2v) is 9.73. The number of carboxylic acids is 1. The average molecular weight is 461 g/mol. The zero-order chi connectivity index (χ0) is 22.4. The van der Waals surface area contributed by atoms with Crippen LogP contribution in [0.5, 0.6) is 0 Å². The number of nitrogens with zero attached hydrogens (tertiary/aromatic N) is 3. The number of thiazole rings is 1. The molecule has 0 bridgehead atoms. The van der Waals surface area contributed by atoms with Crippen molar-refractivity contribution < 1.29 is 29.2 Å². The molecule has 1 fully saturated rings. The van der Waals surface area contributed by atoms with Gasteiger partial charge < -0.3 is 25.6 Å². The number of carbonyl (C=O) groups is 3. The van der Waals surface area contributed by atoms with E-state index < -0.39 is 35.8 Å². The first-order chi connectivity index (χ1) is 14.7. The number of hydrogen-bond acceptors (Lipinski definition) is 8. The second-order valence-electron chi connectivity index (χ2n) is 7.58. The van der Waals surface area contributed by atoms with E-state index in [0.29, 0.717) is 14.9 Å². The zero-order valence-electron chi connectivity index (χ0n) is 16.7. The van der Waals surface area contributed by atoms with Crippen LogP contribution in [-0.4, -0.2) is 44.9 Å². The number of aliphatic carboxylic acids is 1. The lowest BCUT2D eigenvalue weighted by molar-refractivity contribution is -0.684. The van der Waals surface area contributed by atoms with Crippen molar-refractivity contribution >= 4 is 40.9 Å². The minimum atomic E-state index is -1.41. The maximum Gasteiger partial charge on any atom is 0.283 e. The molecule has 0 radical (unpaired) electrons. The monoisotopic (exact) mass is 460 g/mol. The summed E-state index contributed by atoms with van der Waals surface area (Å²) in [7, 11) is 0. The van der Waals surface area contributed by atoms with Gasteiger partial charge >= 0.3 is 0 Å². The van der Waals surface area contributed by atoms with Gasteiger partial charge in [-0.2, -0.15) is 4.57 Å². The summed E-state index contributed by atoms with van der Waals surface area (Å²) < 4.78 is 2.29. The van der Waals surface area contributed by atoms with E-state index in [4.69, 9.17) is 5.73 Å². The van der Waals surface area contributed by atoms with Crippen molar-refractivity contribution in [2.45, 2.75) is 36.9 Å². The lowest BCUT2D eigenvalue weighted by Gasteiger charge is -2.47. The normalized spacial score (nSPS) is 23.5. The number of aliphatic hydroxyl groups is 1. The number of carboxylic acid groups (broad SMARTS) is 1. The summed E-state index contributed by atoms with van der Waals surface area (Å²) in [6.45, 7) is 3.47. The number of thioether (sulfide) groups is 1. The van der Waals surface area contributed by atoms with Crippen LogP contribution in [0, 0.1) is 11.8 Å². The van der Waals surface area contributed by atoms with Crippen molar-refractivity contribution in [2.24, 2.45) is 17.6 Å². The van der Waals surface area contributed by atoms with E-state index in [2.05, 4.69) is 4.98 Å². The molecule has 4 heterocycles. The summed E-state index contributed by atoms with van der Waals surface area (Å²) in [4.78, 5) is 41.6. The Bertz CT molecular complexity index is 1100. The Morgan fingerprint density at radius 3 is 2.68 bits per heavy atom. The van der Waals surface area contributed by atoms with Crippen LogP contribution in [0.1, 0.15) is 13.8 Å². The number of carbonyl (C=O) groups excluding carboxylic acids is 3. The molecule has 11 heteroatoms. The predicted octanol–water partition coefficient (Wildman–Crippen LogP) is -0.506. The molecule has 31 heavy (non-hydrogen) atoms. The fraction of sp³-hybridized carbons (Fsp3) is 0.350. The molecule has 2 aromatic rings. The van der Waals surface area contributed by atoms with Gasteiger partial charge in [-0.3, -0.25) is 9.59 Å². The first kappa shape index (κ1) is 21.5. The number of hydrogen-bond donors (Lipinski definition) is 2. The minimum absolute atomic E-state index is 0.0837. The number of amides is 2. The summed E-state index contributed by atoms with van der Waals surface area (Å²) in [6.07, 6.45) is 2.61. The molecule has 1 saturated heterocycles. The Morgan fingerprint density at radius 1 is 1.42 bits per heavy atom. The molecule has 0 aliphatic carbocycles. The molecule has 0 saturated carbocycles. The molecule has 3 N–H and O–H groups in total. The Morgan fingerprint density at radius 2 is 2.10 bits per heavy atom. The van der Waals surface area contributed by atoms with Gasteiger partial charge in [-0.25, -0.2) is 4.98 Å². The summed E-state index contributed by atoms with van der Waals surface area (Å²) in [5, 5.41) is 23.6. The van der Waals surface area contributed by atoms with Crippen molar-refractivity contribution in [2.75, 3.05) is 0 Å². The molecule has 2 aliphatic heterocycles. The topological polar surface area (TPSA) is 141 Å². The molecule has 162 valence electrons. The van der Waals surface area contributed by atoms with E-state index in [1.807, 2.05) is 24.4 Å². The number of rotatable bonds is 7. The molecule has 2 aromatic heterocycles. The van der Waals surface area contributed by atoms with Crippen LogP contribution in [0.3, 0.4) is 0 Å². The third-order valence-electron chi connectivity index (χ3n) is 5.51. The van der Waals surface area contributed by atoms with Gasteiger partial charge in [-0.1, -0.05) is 18.7 Å². The van der Waals surface area contributed by atoms with Crippen LogP contribution in [0.25, 0.3) is 11.3 Å². The minimum Gasteiger partial charge on any atom is -0.543 e. The third-order valence-corrected chi connectivity index (χ3v) is 7.73. The van der Waals surface area contributed by atoms with Crippen LogP contribution in [0.4, 0.5) is 0 Å². The van der Waals surface area contributed by atoms with Crippen molar-refractivity contribution in [3.8, 4) is 11.3 Å². The van der Waals surface area contributed by atoms with Crippen LogP contribution >= 0.6 is 23.1 Å². The highest BCUT2D eigenvalue weighted by Crippen LogP contribution is 2.52. The Kier molecular flexibility index (Phi) is 5.58. The van der Waals surface area contributed by atoms with Gasteiger partial charge in [0.05, 0.1) is 35.4 Å². The third kappa shape index (κ3) is 3.73. The zero-order valence-corrected chi connectivity index (χ0v) is 18.4. The standard InChI is InChI=1S/C20H20N4O5S2/c1-9-15-14(10(2)25)18(27)24(15)16(19(28)29)17(9)31-20-22-12(8-30-20)11-3-5-23(6-4-11)7-13(21)26/h3-6,8-10,14-15,25H,7H2,1-2H3,(H2-,21,26,28,29)/t9-,10-,14-,15-/m1/s1. The van der Waals surface area contributed by atoms with Crippen LogP contribution in [0.15, 0.2) is 44.8 Å². The molecule has 9 nitrogen and oxygen atoms in total. The first-order valence-corrected chi connectivity index (χ1v) is 11.3. The van der Waals surface area contributed by atoms with E-state index >= 15 is 0 Å². The summed E-state index contributed by atoms with van der Waals surface area (Å²) in [5.41, 5.74) is 6.61. The van der Waals surface area contributed by atoms with Gasteiger partial charge in [0.2, 0.25) is 12.5 Å². The van der Waals surface area contributed by atoms with Crippen molar-refractivity contribution in [1.82, 2.24) is 9.88 Å². The highest BCUT2D eigenvalue weighted by atomic mass is 32.2. The van der Waals surface area contributed by atoms with Crippen molar-refractivity contribution in [1.29, 1.82) is 0 Å². The van der Waals surface area contributed by atoms with Gasteiger partial charge in [-0.15, -0.1) is 11.3 Å². The summed E-state index contributed by atoms with van der Waals surface area (Å²) in [5.74, 6) is -3.12. The molecule has 0 unspecified atom stereocenters. The predicted molar refractivity (Wildman–Crippen MR) is 110 cm³/mol. The van der Waals surface area contributed by atoms with Gasteiger partial charge in [-0.05, 0) is 6.92 Å². The van der Waals surface area contributed by atoms with E-state index in [9.17, 15) is 24.6 Å². The first-order valence-electron chi connectivity index (χ1n) is 9.56. The maximum atomic E-state index is 12.4. The SMILES string of the molecule is C[C@@H](O)[C@H]1C(=O)N2C(C(=O)[O-])=C(Sc3nc(-c4cc[n+](CC(N)=O)cc4)cs3)[C@H](C)[C@H]12. The Balaban J connectivity index is 1.57.